The molecule has 3 N–H and O–H groups in total. The summed E-state index contributed by atoms with van der Waals surface area (Å²) >= 11 is 0. The van der Waals surface area contributed by atoms with Gasteiger partial charge in [0.15, 0.2) is 0 Å². The molecule has 0 saturated carbocycles. The van der Waals surface area contributed by atoms with Gasteiger partial charge in [0.1, 0.15) is 11.6 Å². The highest BCUT2D eigenvalue weighted by Crippen LogP contribution is 2.36. The number of aromatic nitrogens is 2. The van der Waals surface area contributed by atoms with Crippen molar-refractivity contribution in [3.05, 3.63) is 41.3 Å². The van der Waals surface area contributed by atoms with Crippen LogP contribution in [0.1, 0.15) is 30.4 Å². The second kappa shape index (κ2) is 7.11. The third-order valence-corrected chi connectivity index (χ3v) is 5.22. The lowest BCUT2D eigenvalue weighted by molar-refractivity contribution is 0.246. The van der Waals surface area contributed by atoms with Crippen LogP contribution >= 0.6 is 0 Å². The lowest BCUT2D eigenvalue weighted by Crippen LogP contribution is -2.53. The zero-order valence-corrected chi connectivity index (χ0v) is 15.3. The zero-order chi connectivity index (χ0) is 19.0. The number of rotatable bonds is 2. The first kappa shape index (κ1) is 17.7. The van der Waals surface area contributed by atoms with Gasteiger partial charge in [0, 0.05) is 17.8 Å². The maximum Gasteiger partial charge on any atom is 0.330 e. The van der Waals surface area contributed by atoms with E-state index in [2.05, 4.69) is 15.3 Å². The summed E-state index contributed by atoms with van der Waals surface area (Å²) in [6, 6.07) is 4.55. The molecule has 2 aliphatic heterocycles. The number of para-hydroxylation sites is 1. The smallest absolute Gasteiger partial charge is 0.330 e. The number of nitrogen functional groups attached to an aromatic ring is 1. The standard InChI is InChI=1S/C19H23FN6O/c1-12-4-2-6-15(20)16(12)25-11-13-10-23-18(21)24-17(13)26(19(25)27)14-5-3-8-22-9-7-14/h2,4,6,10,14,22H,3,5,7-9,11H2,1H3,(H2,21,23,24)/t14-/m0/s1. The Morgan fingerprint density at radius 3 is 2.96 bits per heavy atom. The van der Waals surface area contributed by atoms with Crippen LogP contribution in [0.3, 0.4) is 0 Å². The molecule has 27 heavy (non-hydrogen) atoms. The van der Waals surface area contributed by atoms with E-state index in [0.717, 1.165) is 37.9 Å². The van der Waals surface area contributed by atoms with Crippen LogP contribution in [-0.2, 0) is 6.54 Å². The summed E-state index contributed by atoms with van der Waals surface area (Å²) < 4.78 is 14.6. The molecule has 1 atom stereocenters. The Kier molecular flexibility index (Phi) is 4.65. The normalized spacial score (nSPS) is 20.4. The molecule has 2 amide bonds. The van der Waals surface area contributed by atoms with Crippen molar-refractivity contribution >= 4 is 23.5 Å². The van der Waals surface area contributed by atoms with Gasteiger partial charge in [-0.15, -0.1) is 0 Å². The van der Waals surface area contributed by atoms with Gasteiger partial charge in [-0.1, -0.05) is 12.1 Å². The number of hydrogen-bond donors (Lipinski definition) is 2. The molecule has 1 aromatic heterocycles. The maximum absolute atomic E-state index is 14.6. The van der Waals surface area contributed by atoms with Crippen molar-refractivity contribution in [1.29, 1.82) is 0 Å². The predicted octanol–water partition coefficient (Wildman–Crippen LogP) is 2.60. The van der Waals surface area contributed by atoms with Gasteiger partial charge in [0.25, 0.3) is 0 Å². The number of aryl methyl sites for hydroxylation is 1. The molecule has 0 radical (unpaired) electrons. The van der Waals surface area contributed by atoms with Gasteiger partial charge in [0.2, 0.25) is 5.95 Å². The summed E-state index contributed by atoms with van der Waals surface area (Å²) in [7, 11) is 0. The van der Waals surface area contributed by atoms with Crippen LogP contribution in [0.2, 0.25) is 0 Å². The molecule has 8 heteroatoms. The Labute approximate surface area is 157 Å². The Bertz CT molecular complexity index is 845. The molecule has 0 aliphatic carbocycles. The number of hydrogen-bond acceptors (Lipinski definition) is 5. The summed E-state index contributed by atoms with van der Waals surface area (Å²) in [6.07, 6.45) is 4.25. The van der Waals surface area contributed by atoms with E-state index >= 15 is 0 Å². The molecule has 7 nitrogen and oxygen atoms in total. The number of urea groups is 1. The van der Waals surface area contributed by atoms with Crippen LogP contribution in [-0.4, -0.2) is 35.1 Å². The molecule has 3 heterocycles. The summed E-state index contributed by atoms with van der Waals surface area (Å²) in [5.41, 5.74) is 7.59. The molecule has 1 aromatic carbocycles. The molecule has 2 aromatic rings. The second-order valence-electron chi connectivity index (χ2n) is 7.06. The molecule has 1 saturated heterocycles. The molecule has 1 fully saturated rings. The fourth-order valence-corrected chi connectivity index (χ4v) is 3.92. The molecular formula is C19H23FN6O. The average Bonchev–Trinajstić information content (AvgIpc) is 2.91. The molecule has 4 rings (SSSR count). The lowest BCUT2D eigenvalue weighted by atomic mass is 10.0. The topological polar surface area (TPSA) is 87.4 Å². The van der Waals surface area contributed by atoms with Gasteiger partial charge in [0.05, 0.1) is 12.2 Å². The van der Waals surface area contributed by atoms with Gasteiger partial charge >= 0.3 is 6.03 Å². The SMILES string of the molecule is Cc1cccc(F)c1N1Cc2cnc(N)nc2N([C@H]2CCCNCC2)C1=O. The first-order valence-electron chi connectivity index (χ1n) is 9.24. The van der Waals surface area contributed by atoms with Crippen LogP contribution in [0.25, 0.3) is 0 Å². The van der Waals surface area contributed by atoms with E-state index < -0.39 is 5.82 Å². The lowest BCUT2D eigenvalue weighted by Gasteiger charge is -2.40. The van der Waals surface area contributed by atoms with Gasteiger partial charge in [-0.3, -0.25) is 9.80 Å². The third-order valence-electron chi connectivity index (χ3n) is 5.22. The number of anilines is 3. The predicted molar refractivity (Wildman–Crippen MR) is 102 cm³/mol. The quantitative estimate of drug-likeness (QED) is 0.848. The number of nitrogens with two attached hydrogens (primary N) is 1. The van der Waals surface area contributed by atoms with Crippen molar-refractivity contribution in [1.82, 2.24) is 15.3 Å². The summed E-state index contributed by atoms with van der Waals surface area (Å²) in [6.45, 7) is 3.77. The zero-order valence-electron chi connectivity index (χ0n) is 15.3. The Hall–Kier alpha value is -2.74. The number of carbonyl (C=O) groups is 1. The van der Waals surface area contributed by atoms with E-state index in [4.69, 9.17) is 5.73 Å². The Morgan fingerprint density at radius 2 is 2.15 bits per heavy atom. The summed E-state index contributed by atoms with van der Waals surface area (Å²) in [5, 5.41) is 3.36. The number of fused-ring (bicyclic) bond motifs is 1. The minimum absolute atomic E-state index is 0.0181. The minimum atomic E-state index is -0.411. The molecule has 142 valence electrons. The number of halogens is 1. The van der Waals surface area contributed by atoms with Gasteiger partial charge in [-0.2, -0.15) is 4.98 Å². The van der Waals surface area contributed by atoms with Crippen molar-refractivity contribution in [3.63, 3.8) is 0 Å². The van der Waals surface area contributed by atoms with Crippen LogP contribution in [0.4, 0.5) is 26.6 Å². The van der Waals surface area contributed by atoms with E-state index in [1.54, 1.807) is 30.2 Å². The summed E-state index contributed by atoms with van der Waals surface area (Å²) in [4.78, 5) is 25.1. The van der Waals surface area contributed by atoms with E-state index in [0.29, 0.717) is 17.1 Å². The van der Waals surface area contributed by atoms with Crippen LogP contribution in [0, 0.1) is 12.7 Å². The number of nitrogens with zero attached hydrogens (tertiary/aromatic N) is 4. The highest BCUT2D eigenvalue weighted by Gasteiger charge is 2.38. The van der Waals surface area contributed by atoms with E-state index in [9.17, 15) is 9.18 Å². The first-order valence-corrected chi connectivity index (χ1v) is 9.24. The highest BCUT2D eigenvalue weighted by molar-refractivity contribution is 6.06. The average molecular weight is 370 g/mol. The Balaban J connectivity index is 1.81. The molecule has 2 aliphatic rings. The van der Waals surface area contributed by atoms with Crippen molar-refractivity contribution in [2.45, 2.75) is 38.8 Å². The number of nitrogens with one attached hydrogen (secondary N) is 1. The number of amides is 2. The second-order valence-corrected chi connectivity index (χ2v) is 7.06. The third kappa shape index (κ3) is 3.21. The van der Waals surface area contributed by atoms with E-state index in [1.165, 1.54) is 11.0 Å². The monoisotopic (exact) mass is 370 g/mol. The van der Waals surface area contributed by atoms with Gasteiger partial charge in [-0.05, 0) is 50.9 Å². The first-order chi connectivity index (χ1) is 13.1. The van der Waals surface area contributed by atoms with E-state index in [1.807, 2.05) is 0 Å². The number of carbonyl (C=O) groups excluding carboxylic acids is 1. The Morgan fingerprint density at radius 1 is 1.30 bits per heavy atom. The van der Waals surface area contributed by atoms with Gasteiger partial charge < -0.3 is 11.1 Å². The number of benzene rings is 1. The molecular weight excluding hydrogens is 347 g/mol. The van der Waals surface area contributed by atoms with Crippen LogP contribution in [0.5, 0.6) is 0 Å². The van der Waals surface area contributed by atoms with Crippen molar-refractivity contribution in [2.24, 2.45) is 0 Å². The van der Waals surface area contributed by atoms with Crippen molar-refractivity contribution < 1.29 is 9.18 Å². The molecule has 0 bridgehead atoms. The van der Waals surface area contributed by atoms with E-state index in [-0.39, 0.29) is 24.6 Å². The van der Waals surface area contributed by atoms with Crippen LogP contribution in [0.15, 0.2) is 24.4 Å². The van der Waals surface area contributed by atoms with Crippen molar-refractivity contribution in [2.75, 3.05) is 28.6 Å². The summed E-state index contributed by atoms with van der Waals surface area (Å²) in [5.74, 6) is 0.268. The largest absolute Gasteiger partial charge is 0.368 e. The fraction of sp³-hybridized carbons (Fsp3) is 0.421. The minimum Gasteiger partial charge on any atom is -0.368 e. The van der Waals surface area contributed by atoms with Gasteiger partial charge in [-0.25, -0.2) is 14.2 Å². The fourth-order valence-electron chi connectivity index (χ4n) is 3.92. The molecule has 0 spiro atoms. The van der Waals surface area contributed by atoms with Crippen LogP contribution < -0.4 is 20.9 Å². The maximum atomic E-state index is 14.6. The van der Waals surface area contributed by atoms with Crippen molar-refractivity contribution in [3.8, 4) is 0 Å². The highest BCUT2D eigenvalue weighted by atomic mass is 19.1. The molecule has 0 unspecified atom stereocenters.